The molecule has 4 heteroatoms. The van der Waals surface area contributed by atoms with Gasteiger partial charge in [-0.2, -0.15) is 0 Å². The van der Waals surface area contributed by atoms with Crippen LogP contribution in [0.1, 0.15) is 45.4 Å². The van der Waals surface area contributed by atoms with Gasteiger partial charge in [0.15, 0.2) is 0 Å². The number of carbonyl (C=O) groups excluding carboxylic acids is 1. The fourth-order valence-electron chi connectivity index (χ4n) is 2.91. The first-order chi connectivity index (χ1) is 8.58. The van der Waals surface area contributed by atoms with Crippen molar-refractivity contribution in [2.45, 2.75) is 45.4 Å². The van der Waals surface area contributed by atoms with Gasteiger partial charge >= 0.3 is 5.97 Å². The van der Waals surface area contributed by atoms with Gasteiger partial charge in [-0.3, -0.25) is 9.59 Å². The molecule has 0 aromatic carbocycles. The number of carboxylic acid groups (broad SMARTS) is 1. The number of aliphatic carboxylic acids is 1. The Balaban J connectivity index is 1.58. The van der Waals surface area contributed by atoms with Gasteiger partial charge in [-0.1, -0.05) is 32.6 Å². The van der Waals surface area contributed by atoms with E-state index in [0.29, 0.717) is 13.0 Å². The van der Waals surface area contributed by atoms with Crippen molar-refractivity contribution in [3.63, 3.8) is 0 Å². The van der Waals surface area contributed by atoms with E-state index >= 15 is 0 Å². The number of hydrogen-bond acceptors (Lipinski definition) is 2. The zero-order valence-electron chi connectivity index (χ0n) is 11.0. The molecule has 0 aliphatic heterocycles. The lowest BCUT2D eigenvalue weighted by Crippen LogP contribution is -2.29. The third kappa shape index (κ3) is 3.47. The molecule has 2 N–H and O–H groups in total. The Morgan fingerprint density at radius 1 is 1.17 bits per heavy atom. The maximum Gasteiger partial charge on any atom is 0.307 e. The molecule has 0 saturated heterocycles. The highest BCUT2D eigenvalue weighted by Crippen LogP contribution is 2.38. The predicted molar refractivity (Wildman–Crippen MR) is 68.0 cm³/mol. The first kappa shape index (κ1) is 13.4. The number of nitrogens with one attached hydrogen (secondary N) is 1. The van der Waals surface area contributed by atoms with E-state index in [1.807, 2.05) is 0 Å². The van der Waals surface area contributed by atoms with E-state index in [9.17, 15) is 9.59 Å². The third-order valence-corrected chi connectivity index (χ3v) is 4.43. The highest BCUT2D eigenvalue weighted by molar-refractivity contribution is 5.89. The van der Waals surface area contributed by atoms with Crippen LogP contribution in [0, 0.1) is 23.7 Å². The molecule has 2 unspecified atom stereocenters. The Morgan fingerprint density at radius 3 is 2.39 bits per heavy atom. The normalized spacial score (nSPS) is 34.9. The Labute approximate surface area is 108 Å². The van der Waals surface area contributed by atoms with E-state index in [-0.39, 0.29) is 11.8 Å². The zero-order chi connectivity index (χ0) is 13.1. The predicted octanol–water partition coefficient (Wildman–Crippen LogP) is 2.04. The summed E-state index contributed by atoms with van der Waals surface area (Å²) in [7, 11) is 0. The average Bonchev–Trinajstić information content (AvgIpc) is 3.11. The van der Waals surface area contributed by atoms with Crippen molar-refractivity contribution in [1.82, 2.24) is 5.32 Å². The Kier molecular flexibility index (Phi) is 4.25. The van der Waals surface area contributed by atoms with Gasteiger partial charge in [-0.05, 0) is 24.7 Å². The molecule has 102 valence electrons. The van der Waals surface area contributed by atoms with Gasteiger partial charge in [0.25, 0.3) is 0 Å². The number of carbonyl (C=O) groups is 2. The molecular weight excluding hydrogens is 230 g/mol. The minimum Gasteiger partial charge on any atom is -0.481 e. The summed E-state index contributed by atoms with van der Waals surface area (Å²) in [5.41, 5.74) is 0. The lowest BCUT2D eigenvalue weighted by Gasteiger charge is -2.26. The second-order valence-corrected chi connectivity index (χ2v) is 5.99. The van der Waals surface area contributed by atoms with E-state index < -0.39 is 11.9 Å². The average molecular weight is 253 g/mol. The van der Waals surface area contributed by atoms with Gasteiger partial charge in [0, 0.05) is 6.54 Å². The quantitative estimate of drug-likeness (QED) is 0.788. The van der Waals surface area contributed by atoms with Gasteiger partial charge < -0.3 is 10.4 Å². The van der Waals surface area contributed by atoms with Crippen LogP contribution in [0.25, 0.3) is 0 Å². The number of carboxylic acids is 1. The van der Waals surface area contributed by atoms with Crippen LogP contribution in [0.3, 0.4) is 0 Å². The molecule has 0 aromatic heterocycles. The van der Waals surface area contributed by atoms with Crippen LogP contribution in [-0.2, 0) is 9.59 Å². The Bertz CT molecular complexity index is 321. The minimum absolute atomic E-state index is 0.0634. The molecule has 4 nitrogen and oxygen atoms in total. The molecule has 2 aliphatic carbocycles. The molecule has 0 aromatic rings. The van der Waals surface area contributed by atoms with Crippen molar-refractivity contribution >= 4 is 11.9 Å². The van der Waals surface area contributed by atoms with Gasteiger partial charge in [0.2, 0.25) is 5.91 Å². The summed E-state index contributed by atoms with van der Waals surface area (Å²) in [6.45, 7) is 3.01. The molecule has 2 rings (SSSR count). The van der Waals surface area contributed by atoms with E-state index in [1.54, 1.807) is 0 Å². The lowest BCUT2D eigenvalue weighted by molar-refractivity contribution is -0.140. The fourth-order valence-corrected chi connectivity index (χ4v) is 2.91. The smallest absolute Gasteiger partial charge is 0.307 e. The van der Waals surface area contributed by atoms with Gasteiger partial charge in [-0.25, -0.2) is 0 Å². The molecule has 1 amide bonds. The minimum atomic E-state index is -0.837. The molecule has 0 spiro atoms. The van der Waals surface area contributed by atoms with Crippen LogP contribution in [-0.4, -0.2) is 23.5 Å². The highest BCUT2D eigenvalue weighted by Gasteiger charge is 2.48. The molecule has 18 heavy (non-hydrogen) atoms. The second kappa shape index (κ2) is 5.72. The SMILES string of the molecule is CC1CCC(CCNC(=O)C2CC2C(=O)O)CC1. The van der Waals surface area contributed by atoms with Crippen molar-refractivity contribution in [2.24, 2.45) is 23.7 Å². The highest BCUT2D eigenvalue weighted by atomic mass is 16.4. The van der Waals surface area contributed by atoms with Crippen molar-refractivity contribution in [3.05, 3.63) is 0 Å². The maximum absolute atomic E-state index is 11.6. The third-order valence-electron chi connectivity index (χ3n) is 4.43. The molecule has 2 fully saturated rings. The number of hydrogen-bond donors (Lipinski definition) is 2. The van der Waals surface area contributed by atoms with E-state index in [0.717, 1.165) is 18.3 Å². The molecular formula is C14H23NO3. The van der Waals surface area contributed by atoms with Gasteiger partial charge in [0.1, 0.15) is 0 Å². The topological polar surface area (TPSA) is 66.4 Å². The summed E-state index contributed by atoms with van der Waals surface area (Å²) in [4.78, 5) is 22.3. The summed E-state index contributed by atoms with van der Waals surface area (Å²) in [5, 5.41) is 11.6. The van der Waals surface area contributed by atoms with Crippen molar-refractivity contribution < 1.29 is 14.7 Å². The summed E-state index contributed by atoms with van der Waals surface area (Å²) < 4.78 is 0. The van der Waals surface area contributed by atoms with E-state index in [2.05, 4.69) is 12.2 Å². The lowest BCUT2D eigenvalue weighted by atomic mass is 9.81. The van der Waals surface area contributed by atoms with E-state index in [1.165, 1.54) is 25.7 Å². The molecule has 2 saturated carbocycles. The van der Waals surface area contributed by atoms with Gasteiger partial charge in [0.05, 0.1) is 11.8 Å². The Morgan fingerprint density at radius 2 is 1.83 bits per heavy atom. The zero-order valence-corrected chi connectivity index (χ0v) is 11.0. The molecule has 0 heterocycles. The molecule has 0 bridgehead atoms. The maximum atomic E-state index is 11.6. The summed E-state index contributed by atoms with van der Waals surface area (Å²) >= 11 is 0. The van der Waals surface area contributed by atoms with Crippen LogP contribution in [0.15, 0.2) is 0 Å². The van der Waals surface area contributed by atoms with Crippen LogP contribution in [0.4, 0.5) is 0 Å². The number of rotatable bonds is 5. The van der Waals surface area contributed by atoms with Crippen LogP contribution in [0.5, 0.6) is 0 Å². The van der Waals surface area contributed by atoms with Crippen LogP contribution < -0.4 is 5.32 Å². The fraction of sp³-hybridized carbons (Fsp3) is 0.857. The van der Waals surface area contributed by atoms with Crippen LogP contribution in [0.2, 0.25) is 0 Å². The largest absolute Gasteiger partial charge is 0.481 e. The van der Waals surface area contributed by atoms with Crippen molar-refractivity contribution in [3.8, 4) is 0 Å². The summed E-state index contributed by atoms with van der Waals surface area (Å²) in [6.07, 6.45) is 6.73. The monoisotopic (exact) mass is 253 g/mol. The summed E-state index contributed by atoms with van der Waals surface area (Å²) in [6, 6.07) is 0. The standard InChI is InChI=1S/C14H23NO3/c1-9-2-4-10(5-3-9)6-7-15-13(16)11-8-12(11)14(17)18/h9-12H,2-8H2,1H3,(H,15,16)(H,17,18). The second-order valence-electron chi connectivity index (χ2n) is 5.99. The molecule has 0 radical (unpaired) electrons. The van der Waals surface area contributed by atoms with Crippen molar-refractivity contribution in [1.29, 1.82) is 0 Å². The Hall–Kier alpha value is -1.06. The van der Waals surface area contributed by atoms with Crippen LogP contribution >= 0.6 is 0 Å². The van der Waals surface area contributed by atoms with Gasteiger partial charge in [-0.15, -0.1) is 0 Å². The first-order valence-electron chi connectivity index (χ1n) is 7.08. The molecule has 2 aliphatic rings. The molecule has 2 atom stereocenters. The summed E-state index contributed by atoms with van der Waals surface area (Å²) in [5.74, 6) is 0.00649. The number of amides is 1. The van der Waals surface area contributed by atoms with Crippen molar-refractivity contribution in [2.75, 3.05) is 6.54 Å². The first-order valence-corrected chi connectivity index (χ1v) is 7.08. The van der Waals surface area contributed by atoms with E-state index in [4.69, 9.17) is 5.11 Å².